The number of aliphatic imine (C=N–C) groups is 3. The first-order valence-corrected chi connectivity index (χ1v) is 16.0. The molecule has 2 N–H and O–H groups in total. The zero-order valence-corrected chi connectivity index (χ0v) is 27.0. The van der Waals surface area contributed by atoms with Crippen molar-refractivity contribution in [3.63, 3.8) is 0 Å². The number of allylic oxidation sites excluding steroid dienone is 6. The summed E-state index contributed by atoms with van der Waals surface area (Å²) >= 11 is 1.61. The van der Waals surface area contributed by atoms with E-state index in [-0.39, 0.29) is 12.0 Å². The molecule has 2 atom stereocenters. The second-order valence-corrected chi connectivity index (χ2v) is 11.7. The van der Waals surface area contributed by atoms with Crippen LogP contribution in [-0.2, 0) is 0 Å². The molecular weight excluding hydrogens is 507 g/mol. The highest BCUT2D eigenvalue weighted by atomic mass is 32.2. The fraction of sp³-hybridized carbons (Fsp3) is 0.645. The zero-order valence-electron chi connectivity index (χ0n) is 25.1. The van der Waals surface area contributed by atoms with Gasteiger partial charge in [-0.25, -0.2) is 4.99 Å². The van der Waals surface area contributed by atoms with Gasteiger partial charge in [0.1, 0.15) is 5.04 Å². The van der Waals surface area contributed by atoms with Gasteiger partial charge in [-0.1, -0.05) is 59.9 Å². The number of aliphatic hydroxyl groups is 1. The fourth-order valence-electron chi connectivity index (χ4n) is 4.90. The van der Waals surface area contributed by atoms with E-state index in [1.165, 1.54) is 11.1 Å². The second kappa shape index (κ2) is 18.9. The molecule has 0 saturated carbocycles. The van der Waals surface area contributed by atoms with Crippen molar-refractivity contribution in [3.05, 3.63) is 46.8 Å². The van der Waals surface area contributed by atoms with Gasteiger partial charge in [0.25, 0.3) is 0 Å². The Balaban J connectivity index is 3.30. The molecule has 38 heavy (non-hydrogen) atoms. The van der Waals surface area contributed by atoms with E-state index in [1.807, 2.05) is 26.3 Å². The quantitative estimate of drug-likeness (QED) is 0.0703. The highest BCUT2D eigenvalue weighted by Gasteiger charge is 2.29. The normalized spacial score (nSPS) is 19.1. The van der Waals surface area contributed by atoms with E-state index in [0.717, 1.165) is 91.9 Å². The van der Waals surface area contributed by atoms with E-state index >= 15 is 0 Å². The summed E-state index contributed by atoms with van der Waals surface area (Å²) in [6.07, 6.45) is 16.0. The van der Waals surface area contributed by atoms with Crippen molar-refractivity contribution in [1.29, 1.82) is 0 Å². The minimum absolute atomic E-state index is 0.113. The molecule has 0 aromatic carbocycles. The van der Waals surface area contributed by atoms with Gasteiger partial charge >= 0.3 is 0 Å². The molecule has 0 aromatic heterocycles. The number of aliphatic hydroxyl groups excluding tert-OH is 1. The predicted octanol–water partition coefficient (Wildman–Crippen LogP) is 7.90. The number of piperidine rings is 1. The number of rotatable bonds is 15. The molecule has 1 aliphatic heterocycles. The molecule has 5 nitrogen and oxygen atoms in total. The number of thioether (sulfide) groups is 1. The number of hydrogen-bond donors (Lipinski definition) is 2. The Morgan fingerprint density at radius 2 is 1.82 bits per heavy atom. The summed E-state index contributed by atoms with van der Waals surface area (Å²) in [6, 6.07) is 0.333. The molecule has 1 heterocycles. The minimum atomic E-state index is -0.113. The average Bonchev–Trinajstić information content (AvgIpc) is 2.88. The van der Waals surface area contributed by atoms with Crippen molar-refractivity contribution >= 4 is 37.7 Å². The van der Waals surface area contributed by atoms with Crippen molar-refractivity contribution in [2.75, 3.05) is 26.0 Å². The lowest BCUT2D eigenvalue weighted by molar-refractivity contribution is 0.212. The Morgan fingerprint density at radius 3 is 2.37 bits per heavy atom. The minimum Gasteiger partial charge on any atom is -0.396 e. The predicted molar refractivity (Wildman–Crippen MR) is 176 cm³/mol. The maximum Gasteiger partial charge on any atom is 0.122 e. The molecule has 2 unspecified atom stereocenters. The van der Waals surface area contributed by atoms with Gasteiger partial charge in [-0.2, -0.15) is 0 Å². The number of hydrogen-bond acceptors (Lipinski definition) is 6. The summed E-state index contributed by atoms with van der Waals surface area (Å²) in [7, 11) is 2.80. The second-order valence-electron chi connectivity index (χ2n) is 10.3. The molecule has 0 bridgehead atoms. The Labute approximate surface area is 239 Å². The van der Waals surface area contributed by atoms with Crippen molar-refractivity contribution in [1.82, 2.24) is 5.32 Å². The van der Waals surface area contributed by atoms with Crippen LogP contribution in [0, 0.1) is 5.41 Å². The van der Waals surface area contributed by atoms with E-state index < -0.39 is 0 Å². The summed E-state index contributed by atoms with van der Waals surface area (Å²) in [5, 5.41) is 14.3. The third kappa shape index (κ3) is 11.8. The van der Waals surface area contributed by atoms with E-state index in [9.17, 15) is 5.11 Å². The first-order chi connectivity index (χ1) is 18.1. The first kappa shape index (κ1) is 34.7. The number of nitrogens with zero attached hydrogens (tertiary/aromatic N) is 3. The summed E-state index contributed by atoms with van der Waals surface area (Å²) in [4.78, 5) is 14.6. The van der Waals surface area contributed by atoms with E-state index in [0.29, 0.717) is 6.04 Å². The Morgan fingerprint density at radius 1 is 1.16 bits per heavy atom. The highest BCUT2D eigenvalue weighted by molar-refractivity contribution is 8.16. The maximum absolute atomic E-state index is 10.00. The molecule has 1 fully saturated rings. The molecule has 0 radical (unpaired) electrons. The van der Waals surface area contributed by atoms with Crippen LogP contribution in [0.1, 0.15) is 92.9 Å². The molecule has 0 aromatic rings. The van der Waals surface area contributed by atoms with Gasteiger partial charge in [-0.05, 0) is 102 Å². The van der Waals surface area contributed by atoms with Crippen LogP contribution in [0.5, 0.6) is 0 Å². The number of nitrogens with one attached hydrogen (secondary N) is 1. The topological polar surface area (TPSA) is 69.3 Å². The van der Waals surface area contributed by atoms with Gasteiger partial charge in [0.05, 0.1) is 22.9 Å². The van der Waals surface area contributed by atoms with E-state index in [2.05, 4.69) is 66.0 Å². The monoisotopic (exact) mass is 560 g/mol. The van der Waals surface area contributed by atoms with Crippen LogP contribution in [0.4, 0.5) is 0 Å². The standard InChI is InChI=1S/C31H53N4OPS/c1-9-12-23(4)22-26(13-10-2)31(7,18-21-36)17-14-24(5)28(25(6)33-11-3)35-30(38-8)29(37)34-27-15-19-32-20-16-27/h11-13,27,32,36H,5,9-10,14-22,37H2,1-4,6-8H3/b23-12-,26-13+,28-25+,33-11?,34-29?,35-30?. The molecule has 1 rings (SSSR count). The van der Waals surface area contributed by atoms with Gasteiger partial charge in [0, 0.05) is 12.8 Å². The molecule has 1 saturated heterocycles. The highest BCUT2D eigenvalue weighted by Crippen LogP contribution is 2.41. The average molecular weight is 561 g/mol. The zero-order chi connectivity index (χ0) is 28.6. The molecule has 0 amide bonds. The SMILES string of the molecule is C=C(CCC(C)(CCO)/C(=C/CC)C/C(C)=C\CC)/C(N=C(SC)C(P)=NC1CCNCC1)=C(/C)N=CC. The molecular formula is C31H53N4OPS. The van der Waals surface area contributed by atoms with Crippen molar-refractivity contribution in [2.45, 2.75) is 99.0 Å². The third-order valence-electron chi connectivity index (χ3n) is 7.15. The van der Waals surface area contributed by atoms with Gasteiger partial charge in [-0.3, -0.25) is 9.98 Å². The van der Waals surface area contributed by atoms with Crippen LogP contribution in [0.25, 0.3) is 0 Å². The van der Waals surface area contributed by atoms with Crippen molar-refractivity contribution in [2.24, 2.45) is 20.4 Å². The lowest BCUT2D eigenvalue weighted by Gasteiger charge is -2.33. The van der Waals surface area contributed by atoms with Gasteiger partial charge in [-0.15, -0.1) is 11.8 Å². The summed E-state index contributed by atoms with van der Waals surface area (Å²) in [5.41, 5.74) is 6.25. The van der Waals surface area contributed by atoms with Gasteiger partial charge in [0.2, 0.25) is 0 Å². The largest absolute Gasteiger partial charge is 0.396 e. The molecule has 0 spiro atoms. The summed E-state index contributed by atoms with van der Waals surface area (Å²) < 4.78 is 0. The smallest absolute Gasteiger partial charge is 0.122 e. The Bertz CT molecular complexity index is 942. The Hall–Kier alpha value is -1.33. The van der Waals surface area contributed by atoms with Crippen LogP contribution in [0.2, 0.25) is 0 Å². The molecule has 1 aliphatic rings. The van der Waals surface area contributed by atoms with Crippen LogP contribution in [0.3, 0.4) is 0 Å². The van der Waals surface area contributed by atoms with Crippen LogP contribution < -0.4 is 5.32 Å². The summed E-state index contributed by atoms with van der Waals surface area (Å²) in [5.74, 6) is 0. The van der Waals surface area contributed by atoms with Gasteiger partial charge < -0.3 is 10.4 Å². The van der Waals surface area contributed by atoms with Crippen LogP contribution in [-0.4, -0.2) is 53.8 Å². The van der Waals surface area contributed by atoms with Crippen molar-refractivity contribution in [3.8, 4) is 0 Å². The maximum atomic E-state index is 10.00. The first-order valence-electron chi connectivity index (χ1n) is 14.2. The third-order valence-corrected chi connectivity index (χ3v) is 8.47. The molecule has 214 valence electrons. The van der Waals surface area contributed by atoms with E-state index in [1.54, 1.807) is 11.8 Å². The lowest BCUT2D eigenvalue weighted by atomic mass is 9.72. The van der Waals surface area contributed by atoms with E-state index in [4.69, 9.17) is 9.98 Å². The molecule has 0 aliphatic carbocycles. The molecule has 7 heteroatoms. The fourth-order valence-corrected chi connectivity index (χ4v) is 5.98. The van der Waals surface area contributed by atoms with Gasteiger partial charge in [0.15, 0.2) is 0 Å². The van der Waals surface area contributed by atoms with Crippen molar-refractivity contribution < 1.29 is 5.11 Å². The lowest BCUT2D eigenvalue weighted by Crippen LogP contribution is -2.30. The Kier molecular flexibility index (Phi) is 17.2. The summed E-state index contributed by atoms with van der Waals surface area (Å²) in [6.45, 7) is 19.5. The van der Waals surface area contributed by atoms with Crippen LogP contribution >= 0.6 is 21.0 Å². The van der Waals surface area contributed by atoms with Crippen LogP contribution in [0.15, 0.2) is 61.8 Å².